The molecular weight excluding hydrogens is 352 g/mol. The van der Waals surface area contributed by atoms with Gasteiger partial charge in [0.15, 0.2) is 0 Å². The molecule has 6 heteroatoms. The lowest BCUT2D eigenvalue weighted by Crippen LogP contribution is -2.47. The predicted molar refractivity (Wildman–Crippen MR) is 111 cm³/mol. The standard InChI is InChI=1S/C22H28N4O2/c1-17(27)26-10-4-5-18-15-19(7-8-20(18)26)21(28)16-24-11-13-25(14-12-24)22-6-2-3-9-23-22/h2-3,6-9,15,21,28H,4-5,10-14,16H2,1H3/t21-/m1/s1. The summed E-state index contributed by atoms with van der Waals surface area (Å²) in [6.07, 6.45) is 3.25. The van der Waals surface area contributed by atoms with Crippen molar-refractivity contribution in [2.24, 2.45) is 0 Å². The van der Waals surface area contributed by atoms with Gasteiger partial charge in [0.2, 0.25) is 5.91 Å². The summed E-state index contributed by atoms with van der Waals surface area (Å²) in [6.45, 7) is 6.69. The Morgan fingerprint density at radius 2 is 1.96 bits per heavy atom. The lowest BCUT2D eigenvalue weighted by Gasteiger charge is -2.36. The minimum atomic E-state index is -0.514. The van der Waals surface area contributed by atoms with Crippen LogP contribution in [0.15, 0.2) is 42.6 Å². The number of rotatable bonds is 4. The average molecular weight is 380 g/mol. The van der Waals surface area contributed by atoms with Gasteiger partial charge in [0.25, 0.3) is 0 Å². The SMILES string of the molecule is CC(=O)N1CCCc2cc([C@H](O)CN3CCN(c4ccccn4)CC3)ccc21. The Labute approximate surface area is 166 Å². The second-order valence-electron chi connectivity index (χ2n) is 7.65. The molecule has 1 atom stereocenters. The molecule has 2 aliphatic rings. The second-order valence-corrected chi connectivity index (χ2v) is 7.65. The fraction of sp³-hybridized carbons (Fsp3) is 0.455. The van der Waals surface area contributed by atoms with Crippen molar-refractivity contribution >= 4 is 17.4 Å². The van der Waals surface area contributed by atoms with E-state index in [4.69, 9.17) is 0 Å². The lowest BCUT2D eigenvalue weighted by atomic mass is 9.97. The Morgan fingerprint density at radius 1 is 1.14 bits per heavy atom. The minimum Gasteiger partial charge on any atom is -0.387 e. The summed E-state index contributed by atoms with van der Waals surface area (Å²) in [4.78, 5) is 22.7. The highest BCUT2D eigenvalue weighted by Crippen LogP contribution is 2.30. The minimum absolute atomic E-state index is 0.0834. The summed E-state index contributed by atoms with van der Waals surface area (Å²) in [6, 6.07) is 12.0. The van der Waals surface area contributed by atoms with E-state index >= 15 is 0 Å². The van der Waals surface area contributed by atoms with Crippen LogP contribution in [0, 0.1) is 0 Å². The highest BCUT2D eigenvalue weighted by molar-refractivity contribution is 5.92. The fourth-order valence-electron chi connectivity index (χ4n) is 4.20. The monoisotopic (exact) mass is 380 g/mol. The van der Waals surface area contributed by atoms with Crippen molar-refractivity contribution in [2.75, 3.05) is 49.1 Å². The average Bonchev–Trinajstić information content (AvgIpc) is 2.74. The molecule has 2 aliphatic heterocycles. The van der Waals surface area contributed by atoms with Gasteiger partial charge in [-0.1, -0.05) is 18.2 Å². The second kappa shape index (κ2) is 8.29. The first-order valence-electron chi connectivity index (χ1n) is 10.1. The third kappa shape index (κ3) is 4.03. The molecule has 1 fully saturated rings. The number of nitrogens with zero attached hydrogens (tertiary/aromatic N) is 4. The van der Waals surface area contributed by atoms with Crippen molar-refractivity contribution < 1.29 is 9.90 Å². The number of fused-ring (bicyclic) bond motifs is 1. The number of aliphatic hydroxyl groups is 1. The smallest absolute Gasteiger partial charge is 0.223 e. The summed E-state index contributed by atoms with van der Waals surface area (Å²) >= 11 is 0. The number of pyridine rings is 1. The molecule has 0 bridgehead atoms. The molecule has 1 N–H and O–H groups in total. The van der Waals surface area contributed by atoms with E-state index < -0.39 is 6.10 Å². The number of anilines is 2. The molecule has 4 rings (SSSR count). The van der Waals surface area contributed by atoms with Crippen LogP contribution in [-0.4, -0.2) is 60.2 Å². The molecule has 148 valence electrons. The van der Waals surface area contributed by atoms with E-state index in [0.29, 0.717) is 6.54 Å². The van der Waals surface area contributed by atoms with Gasteiger partial charge in [-0.3, -0.25) is 9.69 Å². The summed E-state index contributed by atoms with van der Waals surface area (Å²) in [5, 5.41) is 10.8. The van der Waals surface area contributed by atoms with Crippen LogP contribution in [0.25, 0.3) is 0 Å². The van der Waals surface area contributed by atoms with Crippen LogP contribution in [0.3, 0.4) is 0 Å². The Balaban J connectivity index is 1.37. The number of aryl methyl sites for hydroxylation is 1. The number of aromatic nitrogens is 1. The molecule has 2 aromatic rings. The van der Waals surface area contributed by atoms with Crippen molar-refractivity contribution in [1.82, 2.24) is 9.88 Å². The number of hydrogen-bond acceptors (Lipinski definition) is 5. The van der Waals surface area contributed by atoms with Gasteiger partial charge >= 0.3 is 0 Å². The molecule has 1 aromatic carbocycles. The zero-order valence-corrected chi connectivity index (χ0v) is 16.4. The molecule has 0 saturated carbocycles. The maximum Gasteiger partial charge on any atom is 0.223 e. The number of amides is 1. The van der Waals surface area contributed by atoms with Crippen LogP contribution >= 0.6 is 0 Å². The topological polar surface area (TPSA) is 59.9 Å². The number of β-amino-alcohol motifs (C(OH)–C–C–N with tert-alkyl or cyclic N) is 1. The van der Waals surface area contributed by atoms with Crippen LogP contribution in [0.4, 0.5) is 11.5 Å². The summed E-state index contributed by atoms with van der Waals surface area (Å²) in [5.41, 5.74) is 3.10. The molecule has 3 heterocycles. The van der Waals surface area contributed by atoms with E-state index in [-0.39, 0.29) is 5.91 Å². The normalized spacial score (nSPS) is 18.6. The first-order valence-corrected chi connectivity index (χ1v) is 10.1. The van der Waals surface area contributed by atoms with Crippen LogP contribution < -0.4 is 9.80 Å². The van der Waals surface area contributed by atoms with Gasteiger partial charge in [-0.05, 0) is 42.2 Å². The molecule has 0 unspecified atom stereocenters. The summed E-state index contributed by atoms with van der Waals surface area (Å²) in [5.74, 6) is 1.10. The molecule has 1 aromatic heterocycles. The van der Waals surface area contributed by atoms with E-state index in [0.717, 1.165) is 68.2 Å². The number of hydrogen-bond donors (Lipinski definition) is 1. The summed E-state index contributed by atoms with van der Waals surface area (Å²) in [7, 11) is 0. The zero-order chi connectivity index (χ0) is 19.5. The Morgan fingerprint density at radius 3 is 2.68 bits per heavy atom. The maximum absolute atomic E-state index is 11.8. The number of carbonyl (C=O) groups excluding carboxylic acids is 1. The fourth-order valence-corrected chi connectivity index (χ4v) is 4.20. The van der Waals surface area contributed by atoms with E-state index in [9.17, 15) is 9.90 Å². The first-order chi connectivity index (χ1) is 13.6. The zero-order valence-electron chi connectivity index (χ0n) is 16.4. The van der Waals surface area contributed by atoms with Gasteiger partial charge in [-0.2, -0.15) is 0 Å². The quantitative estimate of drug-likeness (QED) is 0.882. The Kier molecular flexibility index (Phi) is 5.59. The highest BCUT2D eigenvalue weighted by Gasteiger charge is 2.23. The third-order valence-electron chi connectivity index (χ3n) is 5.76. The van der Waals surface area contributed by atoms with E-state index in [2.05, 4.69) is 20.9 Å². The molecule has 28 heavy (non-hydrogen) atoms. The molecule has 1 saturated heterocycles. The summed E-state index contributed by atoms with van der Waals surface area (Å²) < 4.78 is 0. The predicted octanol–water partition coefficient (Wildman–Crippen LogP) is 2.24. The number of carbonyl (C=O) groups is 1. The van der Waals surface area contributed by atoms with Crippen LogP contribution in [0.5, 0.6) is 0 Å². The molecule has 6 nitrogen and oxygen atoms in total. The van der Waals surface area contributed by atoms with E-state index in [1.165, 1.54) is 0 Å². The van der Waals surface area contributed by atoms with Crippen molar-refractivity contribution in [3.05, 3.63) is 53.7 Å². The van der Waals surface area contributed by atoms with Gasteiger partial charge in [-0.25, -0.2) is 4.98 Å². The van der Waals surface area contributed by atoms with Gasteiger partial charge in [-0.15, -0.1) is 0 Å². The Hall–Kier alpha value is -2.44. The van der Waals surface area contributed by atoms with Gasteiger partial charge in [0.1, 0.15) is 5.82 Å². The molecule has 1 amide bonds. The van der Waals surface area contributed by atoms with Crippen LogP contribution in [-0.2, 0) is 11.2 Å². The van der Waals surface area contributed by atoms with Crippen molar-refractivity contribution in [3.63, 3.8) is 0 Å². The van der Waals surface area contributed by atoms with Crippen LogP contribution in [0.2, 0.25) is 0 Å². The molecule has 0 radical (unpaired) electrons. The van der Waals surface area contributed by atoms with E-state index in [1.54, 1.807) is 6.92 Å². The molecule has 0 aliphatic carbocycles. The maximum atomic E-state index is 11.8. The van der Waals surface area contributed by atoms with Gasteiger partial charge < -0.3 is 14.9 Å². The highest BCUT2D eigenvalue weighted by atomic mass is 16.3. The van der Waals surface area contributed by atoms with Crippen LogP contribution in [0.1, 0.15) is 30.6 Å². The first kappa shape index (κ1) is 18.9. The van der Waals surface area contributed by atoms with E-state index in [1.807, 2.05) is 41.4 Å². The number of benzene rings is 1. The van der Waals surface area contributed by atoms with Gasteiger partial charge in [0, 0.05) is 58.1 Å². The largest absolute Gasteiger partial charge is 0.387 e. The number of aliphatic hydroxyl groups excluding tert-OH is 1. The van der Waals surface area contributed by atoms with Crippen molar-refractivity contribution in [3.8, 4) is 0 Å². The Bertz CT molecular complexity index is 819. The molecular formula is C22H28N4O2. The third-order valence-corrected chi connectivity index (χ3v) is 5.76. The van der Waals surface area contributed by atoms with Gasteiger partial charge in [0.05, 0.1) is 6.10 Å². The van der Waals surface area contributed by atoms with Crippen molar-refractivity contribution in [2.45, 2.75) is 25.9 Å². The van der Waals surface area contributed by atoms with Crippen molar-refractivity contribution in [1.29, 1.82) is 0 Å². The lowest BCUT2D eigenvalue weighted by molar-refractivity contribution is -0.116. The molecule has 0 spiro atoms. The number of piperazine rings is 1.